The van der Waals surface area contributed by atoms with Crippen molar-refractivity contribution < 1.29 is 14.3 Å². The Morgan fingerprint density at radius 3 is 2.47 bits per heavy atom. The van der Waals surface area contributed by atoms with Gasteiger partial charge in [-0.15, -0.1) is 0 Å². The quantitative estimate of drug-likeness (QED) is 0.590. The number of carbonyl (C=O) groups is 2. The van der Waals surface area contributed by atoms with E-state index in [0.29, 0.717) is 13.2 Å². The molecule has 2 amide bonds. The molecule has 100 valence electrons. The number of amides is 2. The maximum absolute atomic E-state index is 11.4. The van der Waals surface area contributed by atoms with Gasteiger partial charge in [-0.2, -0.15) is 0 Å². The molecule has 0 spiro atoms. The first-order valence-corrected chi connectivity index (χ1v) is 6.20. The van der Waals surface area contributed by atoms with E-state index in [4.69, 9.17) is 4.74 Å². The van der Waals surface area contributed by atoms with Crippen LogP contribution in [0.3, 0.4) is 0 Å². The van der Waals surface area contributed by atoms with E-state index >= 15 is 0 Å². The fourth-order valence-electron chi connectivity index (χ4n) is 1.26. The molecular weight excluding hydrogens is 220 g/mol. The monoisotopic (exact) mass is 244 g/mol. The second kappa shape index (κ2) is 10.1. The van der Waals surface area contributed by atoms with Crippen LogP contribution in [0.15, 0.2) is 0 Å². The first-order chi connectivity index (χ1) is 8.07. The van der Waals surface area contributed by atoms with Crippen LogP contribution in [-0.4, -0.2) is 37.6 Å². The molecule has 0 heterocycles. The van der Waals surface area contributed by atoms with Crippen LogP contribution < -0.4 is 10.6 Å². The molecule has 0 aliphatic heterocycles. The molecule has 5 heteroatoms. The van der Waals surface area contributed by atoms with Crippen LogP contribution in [0.4, 0.5) is 0 Å². The van der Waals surface area contributed by atoms with Crippen molar-refractivity contribution in [3.63, 3.8) is 0 Å². The number of nitrogens with one attached hydrogen (secondary N) is 2. The maximum Gasteiger partial charge on any atom is 0.242 e. The van der Waals surface area contributed by atoms with Gasteiger partial charge in [0, 0.05) is 26.7 Å². The Balaban J connectivity index is 3.41. The molecule has 0 saturated heterocycles. The van der Waals surface area contributed by atoms with Gasteiger partial charge in [0.1, 0.15) is 6.04 Å². The molecule has 0 rings (SSSR count). The zero-order chi connectivity index (χ0) is 13.1. The molecule has 17 heavy (non-hydrogen) atoms. The first-order valence-electron chi connectivity index (χ1n) is 6.20. The molecule has 0 aromatic carbocycles. The van der Waals surface area contributed by atoms with Gasteiger partial charge in [0.2, 0.25) is 11.8 Å². The van der Waals surface area contributed by atoms with Crippen LogP contribution in [0.2, 0.25) is 0 Å². The molecule has 0 bridgehead atoms. The Labute approximate surface area is 103 Å². The van der Waals surface area contributed by atoms with Crippen LogP contribution >= 0.6 is 0 Å². The summed E-state index contributed by atoms with van der Waals surface area (Å²) in [6, 6.07) is -0.478. The molecule has 0 aliphatic rings. The Morgan fingerprint density at radius 1 is 1.24 bits per heavy atom. The molecule has 0 fully saturated rings. The highest BCUT2D eigenvalue weighted by atomic mass is 16.5. The molecule has 1 atom stereocenters. The van der Waals surface area contributed by atoms with E-state index < -0.39 is 6.04 Å². The Morgan fingerprint density at radius 2 is 1.88 bits per heavy atom. The van der Waals surface area contributed by atoms with Gasteiger partial charge in [-0.3, -0.25) is 9.59 Å². The van der Waals surface area contributed by atoms with Crippen molar-refractivity contribution in [2.45, 2.75) is 46.1 Å². The lowest BCUT2D eigenvalue weighted by atomic mass is 10.3. The molecular formula is C12H24N2O3. The van der Waals surface area contributed by atoms with Crippen molar-refractivity contribution in [3.8, 4) is 0 Å². The van der Waals surface area contributed by atoms with Gasteiger partial charge in [-0.05, 0) is 19.8 Å². The summed E-state index contributed by atoms with van der Waals surface area (Å²) < 4.78 is 5.36. The summed E-state index contributed by atoms with van der Waals surface area (Å²) in [5, 5.41) is 5.27. The van der Waals surface area contributed by atoms with Crippen molar-refractivity contribution in [2.24, 2.45) is 0 Å². The number of ether oxygens (including phenoxy) is 1. The highest BCUT2D eigenvalue weighted by Crippen LogP contribution is 1.89. The van der Waals surface area contributed by atoms with E-state index in [1.54, 1.807) is 6.92 Å². The number of carbonyl (C=O) groups excluding carboxylic acids is 2. The highest BCUT2D eigenvalue weighted by Gasteiger charge is 2.12. The normalized spacial score (nSPS) is 11.9. The second-order valence-electron chi connectivity index (χ2n) is 4.03. The SMILES string of the molecule is CCCCOCCCNC(=O)C(C)NC(C)=O. The van der Waals surface area contributed by atoms with Crippen molar-refractivity contribution in [1.82, 2.24) is 10.6 Å². The van der Waals surface area contributed by atoms with Gasteiger partial charge < -0.3 is 15.4 Å². The summed E-state index contributed by atoms with van der Waals surface area (Å²) in [5.41, 5.74) is 0. The second-order valence-corrected chi connectivity index (χ2v) is 4.03. The van der Waals surface area contributed by atoms with Crippen LogP contribution in [0.25, 0.3) is 0 Å². The standard InChI is InChI=1S/C12H24N2O3/c1-4-5-8-17-9-6-7-13-12(16)10(2)14-11(3)15/h10H,4-9H2,1-3H3,(H,13,16)(H,14,15). The minimum Gasteiger partial charge on any atom is -0.381 e. The van der Waals surface area contributed by atoms with E-state index in [2.05, 4.69) is 17.6 Å². The average Bonchev–Trinajstić information content (AvgIpc) is 2.26. The highest BCUT2D eigenvalue weighted by molar-refractivity contribution is 5.86. The topological polar surface area (TPSA) is 67.4 Å². The largest absolute Gasteiger partial charge is 0.381 e. The third-order valence-electron chi connectivity index (χ3n) is 2.22. The zero-order valence-corrected chi connectivity index (χ0v) is 11.0. The van der Waals surface area contributed by atoms with Crippen molar-refractivity contribution >= 4 is 11.8 Å². The van der Waals surface area contributed by atoms with Crippen LogP contribution in [0, 0.1) is 0 Å². The minimum absolute atomic E-state index is 0.159. The smallest absolute Gasteiger partial charge is 0.242 e. The molecule has 0 saturated carbocycles. The summed E-state index contributed by atoms with van der Waals surface area (Å²) in [7, 11) is 0. The lowest BCUT2D eigenvalue weighted by Crippen LogP contribution is -2.44. The van der Waals surface area contributed by atoms with Gasteiger partial charge in [-0.25, -0.2) is 0 Å². The van der Waals surface area contributed by atoms with Crippen LogP contribution in [-0.2, 0) is 14.3 Å². The first kappa shape index (κ1) is 15.9. The number of hydrogen-bond donors (Lipinski definition) is 2. The molecule has 1 unspecified atom stereocenters. The van der Waals surface area contributed by atoms with E-state index in [-0.39, 0.29) is 11.8 Å². The van der Waals surface area contributed by atoms with Crippen molar-refractivity contribution in [3.05, 3.63) is 0 Å². The van der Waals surface area contributed by atoms with E-state index in [1.807, 2.05) is 0 Å². The number of unbranched alkanes of at least 4 members (excludes halogenated alkanes) is 1. The van der Waals surface area contributed by atoms with Crippen molar-refractivity contribution in [1.29, 1.82) is 0 Å². The summed E-state index contributed by atoms with van der Waals surface area (Å²) >= 11 is 0. The maximum atomic E-state index is 11.4. The van der Waals surface area contributed by atoms with Gasteiger partial charge in [0.15, 0.2) is 0 Å². The fraction of sp³-hybridized carbons (Fsp3) is 0.833. The third kappa shape index (κ3) is 9.81. The van der Waals surface area contributed by atoms with Crippen molar-refractivity contribution in [2.75, 3.05) is 19.8 Å². The summed E-state index contributed by atoms with van der Waals surface area (Å²) in [6.07, 6.45) is 3.00. The van der Waals surface area contributed by atoms with E-state index in [0.717, 1.165) is 25.9 Å². The van der Waals surface area contributed by atoms with Gasteiger partial charge in [0.05, 0.1) is 0 Å². The number of hydrogen-bond acceptors (Lipinski definition) is 3. The lowest BCUT2D eigenvalue weighted by molar-refractivity contribution is -0.127. The predicted molar refractivity (Wildman–Crippen MR) is 66.6 cm³/mol. The summed E-state index contributed by atoms with van der Waals surface area (Å²) in [6.45, 7) is 7.20. The molecule has 0 aliphatic carbocycles. The average molecular weight is 244 g/mol. The Kier molecular flexibility index (Phi) is 9.43. The molecule has 0 aromatic rings. The van der Waals surface area contributed by atoms with E-state index in [9.17, 15) is 9.59 Å². The van der Waals surface area contributed by atoms with Crippen LogP contribution in [0.1, 0.15) is 40.0 Å². The van der Waals surface area contributed by atoms with Gasteiger partial charge >= 0.3 is 0 Å². The fourth-order valence-corrected chi connectivity index (χ4v) is 1.26. The summed E-state index contributed by atoms with van der Waals surface area (Å²) in [5.74, 6) is -0.357. The molecule has 0 aromatic heterocycles. The van der Waals surface area contributed by atoms with Gasteiger partial charge in [-0.1, -0.05) is 13.3 Å². The lowest BCUT2D eigenvalue weighted by Gasteiger charge is -2.12. The zero-order valence-electron chi connectivity index (χ0n) is 11.0. The summed E-state index contributed by atoms with van der Waals surface area (Å²) in [4.78, 5) is 22.2. The molecule has 5 nitrogen and oxygen atoms in total. The Bertz CT molecular complexity index is 232. The van der Waals surface area contributed by atoms with Gasteiger partial charge in [0.25, 0.3) is 0 Å². The molecule has 0 radical (unpaired) electrons. The number of rotatable bonds is 9. The van der Waals surface area contributed by atoms with E-state index in [1.165, 1.54) is 6.92 Å². The predicted octanol–water partition coefficient (Wildman–Crippen LogP) is 0.834. The Hall–Kier alpha value is -1.10. The third-order valence-corrected chi connectivity index (χ3v) is 2.22. The minimum atomic E-state index is -0.478. The molecule has 2 N–H and O–H groups in total. The van der Waals surface area contributed by atoms with Crippen LogP contribution in [0.5, 0.6) is 0 Å².